The number of hydrogen-bond donors (Lipinski definition) is 0. The lowest BCUT2D eigenvalue weighted by atomic mass is 9.91. The number of oxazole rings is 1. The molecule has 6 aromatic heterocycles. The second kappa shape index (κ2) is 26.4. The molecule has 0 N–H and O–H groups in total. The van der Waals surface area contributed by atoms with Gasteiger partial charge in [0.2, 0.25) is 5.89 Å². The van der Waals surface area contributed by atoms with Gasteiger partial charge in [0.1, 0.15) is 5.52 Å². The number of nitrogens with zero attached hydrogens (tertiary/aromatic N) is 5. The number of pyridine rings is 2. The molecule has 23 aromatic rings. The fourth-order valence-corrected chi connectivity index (χ4v) is 19.5. The zero-order valence-corrected chi connectivity index (χ0v) is 61.3. The smallest absolute Gasteiger partial charge is 0.227 e. The Balaban J connectivity index is 0.000000138. The maximum Gasteiger partial charge on any atom is 0.227 e. The van der Waals surface area contributed by atoms with Crippen LogP contribution in [0.15, 0.2) is 374 Å². The predicted octanol–water partition coefficient (Wildman–Crippen LogP) is 28.9. The highest BCUT2D eigenvalue weighted by atomic mass is 32.1. The zero-order valence-electron chi connectivity index (χ0n) is 59.7. The van der Waals surface area contributed by atoms with E-state index in [9.17, 15) is 0 Å². The van der Waals surface area contributed by atoms with E-state index in [0.29, 0.717) is 5.89 Å². The van der Waals surface area contributed by atoms with Crippen LogP contribution in [0.2, 0.25) is 0 Å². The molecule has 0 atom stereocenters. The Morgan fingerprint density at radius 2 is 0.514 bits per heavy atom. The summed E-state index contributed by atoms with van der Waals surface area (Å²) in [5.74, 6) is 1.34. The average Bonchev–Trinajstić information content (AvgIpc) is 1.62. The molecule has 0 saturated carbocycles. The summed E-state index contributed by atoms with van der Waals surface area (Å²) in [4.78, 5) is 28.2. The van der Waals surface area contributed by atoms with E-state index in [1.54, 1.807) is 0 Å². The van der Waals surface area contributed by atoms with Crippen molar-refractivity contribution in [2.45, 2.75) is 0 Å². The van der Waals surface area contributed by atoms with Gasteiger partial charge in [-0.25, -0.2) is 24.9 Å². The van der Waals surface area contributed by atoms with Crippen molar-refractivity contribution in [3.05, 3.63) is 370 Å². The van der Waals surface area contributed by atoms with Gasteiger partial charge >= 0.3 is 0 Å². The Morgan fingerprint density at radius 3 is 0.946 bits per heavy atom. The second-order valence-corrected chi connectivity index (χ2v) is 30.4. The van der Waals surface area contributed by atoms with Crippen LogP contribution in [-0.2, 0) is 0 Å². The van der Waals surface area contributed by atoms with Crippen LogP contribution in [0.5, 0.6) is 0 Å². The molecule has 111 heavy (non-hydrogen) atoms. The largest absolute Gasteiger partial charge is 0.436 e. The third kappa shape index (κ3) is 10.8. The molecule has 0 aliphatic carbocycles. The van der Waals surface area contributed by atoms with Crippen LogP contribution in [0.3, 0.4) is 0 Å². The van der Waals surface area contributed by atoms with Gasteiger partial charge in [-0.05, 0) is 141 Å². The van der Waals surface area contributed by atoms with Gasteiger partial charge in [-0.15, -0.1) is 22.7 Å². The average molecular weight is 1450 g/mol. The Hall–Kier alpha value is -14.2. The van der Waals surface area contributed by atoms with Crippen LogP contribution < -0.4 is 0 Å². The van der Waals surface area contributed by atoms with Gasteiger partial charge in [-0.3, -0.25) is 0 Å². The molecule has 17 aromatic carbocycles. The summed E-state index contributed by atoms with van der Waals surface area (Å²) in [5, 5.41) is 20.9. The van der Waals surface area contributed by atoms with E-state index in [0.717, 1.165) is 106 Å². The van der Waals surface area contributed by atoms with Crippen molar-refractivity contribution in [3.63, 3.8) is 0 Å². The number of thiophene rings is 2. The van der Waals surface area contributed by atoms with Crippen molar-refractivity contribution >= 4 is 151 Å². The first kappa shape index (κ1) is 64.1. The van der Waals surface area contributed by atoms with E-state index >= 15 is 0 Å². The first-order valence-electron chi connectivity index (χ1n) is 37.4. The molecule has 23 rings (SSSR count). The monoisotopic (exact) mass is 1450 g/mol. The third-order valence-electron chi connectivity index (χ3n) is 22.0. The van der Waals surface area contributed by atoms with E-state index in [1.165, 1.54) is 117 Å². The van der Waals surface area contributed by atoms with Gasteiger partial charge in [0.15, 0.2) is 11.4 Å². The Labute approximate surface area is 645 Å². The maximum absolute atomic E-state index is 6.16. The summed E-state index contributed by atoms with van der Waals surface area (Å²) in [6, 6.07) is 132. The van der Waals surface area contributed by atoms with Crippen molar-refractivity contribution < 1.29 is 4.42 Å². The summed E-state index contributed by atoms with van der Waals surface area (Å²) in [5.41, 5.74) is 19.7. The molecule has 0 saturated heterocycles. The van der Waals surface area contributed by atoms with E-state index in [-0.39, 0.29) is 0 Å². The lowest BCUT2D eigenvalue weighted by Crippen LogP contribution is -1.95. The fourth-order valence-electron chi connectivity index (χ4n) is 16.8. The number of benzene rings is 17. The number of aromatic nitrogens is 5. The van der Waals surface area contributed by atoms with E-state index < -0.39 is 0 Å². The minimum absolute atomic E-state index is 0.620. The molecule has 0 amide bonds. The summed E-state index contributed by atoms with van der Waals surface area (Å²) >= 11 is 3.73. The molecule has 0 aliphatic rings. The van der Waals surface area contributed by atoms with E-state index in [4.69, 9.17) is 29.3 Å². The second-order valence-electron chi connectivity index (χ2n) is 28.3. The third-order valence-corrected chi connectivity index (χ3v) is 24.5. The maximum atomic E-state index is 6.16. The summed E-state index contributed by atoms with van der Waals surface area (Å²) in [6.45, 7) is 0. The van der Waals surface area contributed by atoms with Gasteiger partial charge in [0.25, 0.3) is 0 Å². The van der Waals surface area contributed by atoms with Gasteiger partial charge in [0, 0.05) is 85.0 Å². The van der Waals surface area contributed by atoms with Crippen LogP contribution in [0.1, 0.15) is 0 Å². The van der Waals surface area contributed by atoms with Crippen molar-refractivity contribution in [1.29, 1.82) is 0 Å². The van der Waals surface area contributed by atoms with Crippen LogP contribution in [0.25, 0.3) is 228 Å². The first-order chi connectivity index (χ1) is 55.0. The molecule has 0 unspecified atom stereocenters. The van der Waals surface area contributed by atoms with Crippen molar-refractivity contribution in [1.82, 2.24) is 24.9 Å². The lowest BCUT2D eigenvalue weighted by molar-refractivity contribution is 0.620. The predicted molar refractivity (Wildman–Crippen MR) is 469 cm³/mol. The van der Waals surface area contributed by atoms with E-state index in [1.807, 2.05) is 71.2 Å². The van der Waals surface area contributed by atoms with Gasteiger partial charge in [-0.1, -0.05) is 315 Å². The van der Waals surface area contributed by atoms with Crippen molar-refractivity contribution in [2.24, 2.45) is 0 Å². The summed E-state index contributed by atoms with van der Waals surface area (Å²) in [6.07, 6.45) is 0. The molecule has 6 heterocycles. The number of para-hydroxylation sites is 5. The molecule has 8 heteroatoms. The molecule has 0 aliphatic heterocycles. The van der Waals surface area contributed by atoms with Crippen molar-refractivity contribution in [2.75, 3.05) is 0 Å². The number of fused-ring (bicyclic) bond motifs is 20. The lowest BCUT2D eigenvalue weighted by Gasteiger charge is -2.14. The highest BCUT2D eigenvalue weighted by Crippen LogP contribution is 2.54. The Morgan fingerprint density at radius 1 is 0.198 bits per heavy atom. The quantitative estimate of drug-likeness (QED) is 0.134. The summed E-state index contributed by atoms with van der Waals surface area (Å²) in [7, 11) is 0. The van der Waals surface area contributed by atoms with Gasteiger partial charge in [-0.2, -0.15) is 0 Å². The van der Waals surface area contributed by atoms with Crippen LogP contribution in [-0.4, -0.2) is 24.9 Å². The SMILES string of the molecule is c1ccc(-c2nc(-c3ccc(-c4c(-c5ccc6c7ccccc7c7ccccc7c6c5)sc5c4c(-c4ccccc4)nc4ccccc45)cc3)c3ccccc3n2)cc1.c1ccc(-c2nc3ccccc3c3sc(-c4ccc5c6ccccc6c6ccccc6c5c4)c(-c4ccc(-c5nc6ccccc6o5)cc4)c23)cc1. The molecular formula is C103H61N5OS2. The molecule has 0 radical (unpaired) electrons. The minimum Gasteiger partial charge on any atom is -0.436 e. The molecule has 0 bridgehead atoms. The van der Waals surface area contributed by atoms with Gasteiger partial charge < -0.3 is 4.42 Å². The number of rotatable bonds is 9. The Kier molecular flexibility index (Phi) is 15.2. The van der Waals surface area contributed by atoms with E-state index in [2.05, 4.69) is 322 Å². The highest BCUT2D eigenvalue weighted by molar-refractivity contribution is 7.24. The molecule has 0 spiro atoms. The summed E-state index contributed by atoms with van der Waals surface area (Å²) < 4.78 is 8.63. The molecule has 6 nitrogen and oxygen atoms in total. The van der Waals surface area contributed by atoms with Crippen LogP contribution in [0.4, 0.5) is 0 Å². The van der Waals surface area contributed by atoms with Crippen LogP contribution >= 0.6 is 22.7 Å². The minimum atomic E-state index is 0.620. The van der Waals surface area contributed by atoms with Crippen LogP contribution in [0, 0.1) is 0 Å². The molecule has 0 fully saturated rings. The first-order valence-corrected chi connectivity index (χ1v) is 39.1. The molecular weight excluding hydrogens is 1390 g/mol. The fraction of sp³-hybridized carbons (Fsp3) is 0. The standard InChI is InChI=1S/C55H33N3S.C48H28N2OS/c1-3-15-35(16-4-1)52-50-49(34-27-29-36(30-28-34)51-44-23-11-13-25-47(44)57-55(58-51)37-17-5-2-6-18-37)53(59-54(50)45-24-12-14-26-48(45)56-52)38-31-32-43-41-21-8-7-19-39(41)40-20-9-10-22-42(40)46(43)33-38;1-2-12-30(13-3-1)45-44-43(29-22-24-31(25-23-29)48-50-41-20-10-11-21-42(41)51-48)46(52-47(44)38-18-8-9-19-40(38)49-45)32-26-27-37-35-16-5-4-14-33(35)34-15-6-7-17-36(34)39(37)28-32/h1-33H;1-28H. The number of hydrogen-bond acceptors (Lipinski definition) is 8. The normalized spacial score (nSPS) is 11.8. The van der Waals surface area contributed by atoms with Gasteiger partial charge in [0.05, 0.1) is 33.6 Å². The molecule has 516 valence electrons. The highest BCUT2D eigenvalue weighted by Gasteiger charge is 2.27. The zero-order chi connectivity index (χ0) is 73.0. The topological polar surface area (TPSA) is 77.6 Å². The Bertz CT molecular complexity index is 7580. The van der Waals surface area contributed by atoms with Crippen molar-refractivity contribution in [3.8, 4) is 99.7 Å².